The summed E-state index contributed by atoms with van der Waals surface area (Å²) < 4.78 is 13.9. The van der Waals surface area contributed by atoms with E-state index in [0.717, 1.165) is 6.42 Å². The van der Waals surface area contributed by atoms with E-state index in [1.807, 2.05) is 0 Å². The van der Waals surface area contributed by atoms with Gasteiger partial charge >= 0.3 is 0 Å². The summed E-state index contributed by atoms with van der Waals surface area (Å²) >= 11 is 0. The van der Waals surface area contributed by atoms with Gasteiger partial charge in [-0.05, 0) is 0 Å². The average molecular weight is 180 g/mol. The molecule has 0 aromatic rings. The predicted molar refractivity (Wildman–Crippen MR) is 35.5 cm³/mol. The van der Waals surface area contributed by atoms with Crippen LogP contribution < -0.4 is 0 Å². The highest BCUT2D eigenvalue weighted by molar-refractivity contribution is 4.28. The molecule has 0 bridgehead atoms. The summed E-state index contributed by atoms with van der Waals surface area (Å²) in [6.07, 6.45) is 0.931. The van der Waals surface area contributed by atoms with Gasteiger partial charge in [0, 0.05) is 6.42 Å². The van der Waals surface area contributed by atoms with E-state index in [1.165, 1.54) is 0 Å². The van der Waals surface area contributed by atoms with Crippen molar-refractivity contribution in [3.05, 3.63) is 0 Å². The third-order valence-electron chi connectivity index (χ3n) is 1.05. The van der Waals surface area contributed by atoms with Crippen molar-refractivity contribution in [3.8, 4) is 0 Å². The summed E-state index contributed by atoms with van der Waals surface area (Å²) in [5, 5.41) is 4.07. The fourth-order valence-electron chi connectivity index (χ4n) is 0.558. The van der Waals surface area contributed by atoms with Gasteiger partial charge in [0.05, 0.1) is 13.2 Å². The van der Waals surface area contributed by atoms with E-state index in [9.17, 15) is 0 Å². The van der Waals surface area contributed by atoms with Crippen molar-refractivity contribution in [2.24, 2.45) is 0 Å². The first-order valence-electron chi connectivity index (χ1n) is 3.64. The van der Waals surface area contributed by atoms with Crippen molar-refractivity contribution in [2.45, 2.75) is 6.42 Å². The Labute approximate surface area is 70.1 Å². The van der Waals surface area contributed by atoms with Gasteiger partial charge in [-0.1, -0.05) is 5.04 Å². The maximum atomic E-state index is 4.62. The second-order valence-electron chi connectivity index (χ2n) is 2.03. The molecule has 6 heteroatoms. The highest BCUT2D eigenvalue weighted by Gasteiger charge is 1.96. The molecule has 0 N–H and O–H groups in total. The Kier molecular flexibility index (Phi) is 6.08. The molecule has 0 spiro atoms. The predicted octanol–water partition coefficient (Wildman–Crippen LogP) is 0.192. The van der Waals surface area contributed by atoms with Crippen LogP contribution in [0, 0.1) is 0 Å². The lowest BCUT2D eigenvalue weighted by Crippen LogP contribution is -2.14. The van der Waals surface area contributed by atoms with Crippen molar-refractivity contribution >= 4 is 0 Å². The second kappa shape index (κ2) is 7.41. The van der Waals surface area contributed by atoms with Gasteiger partial charge in [-0.25, -0.2) is 9.78 Å². The lowest BCUT2D eigenvalue weighted by molar-refractivity contribution is -0.532. The Morgan fingerprint density at radius 3 is 1.33 bits per heavy atom. The summed E-state index contributed by atoms with van der Waals surface area (Å²) in [5.74, 6) is 0. The van der Waals surface area contributed by atoms with Crippen LogP contribution in [0.3, 0.4) is 0 Å². The van der Waals surface area contributed by atoms with Crippen LogP contribution >= 0.6 is 0 Å². The van der Waals surface area contributed by atoms with Crippen molar-refractivity contribution in [2.75, 3.05) is 33.6 Å². The van der Waals surface area contributed by atoms with Gasteiger partial charge in [0.2, 0.25) is 0 Å². The molecule has 0 aromatic carbocycles. The summed E-state index contributed by atoms with van der Waals surface area (Å²) in [5.41, 5.74) is 0. The molecule has 2 aliphatic rings. The molecule has 72 valence electrons. The molecule has 2 fully saturated rings. The lowest BCUT2D eigenvalue weighted by atomic mass is 10.5. The molecule has 0 unspecified atom stereocenters. The number of hydrogen-bond donors (Lipinski definition) is 0. The van der Waals surface area contributed by atoms with Crippen molar-refractivity contribution in [1.82, 2.24) is 0 Å². The maximum Gasteiger partial charge on any atom is 0.152 e. The summed E-state index contributed by atoms with van der Waals surface area (Å²) in [4.78, 5) is 8.69. The van der Waals surface area contributed by atoms with Crippen molar-refractivity contribution in [3.63, 3.8) is 0 Å². The molecule has 12 heavy (non-hydrogen) atoms. The SMILES string of the molecule is C1COOOC1.C1OCOCO1. The molecular formula is C6H12O6. The molecule has 0 atom stereocenters. The Hall–Kier alpha value is -0.240. The van der Waals surface area contributed by atoms with Gasteiger partial charge in [-0.2, -0.15) is 0 Å². The zero-order valence-electron chi connectivity index (χ0n) is 6.69. The van der Waals surface area contributed by atoms with Gasteiger partial charge in [0.1, 0.15) is 0 Å². The van der Waals surface area contributed by atoms with E-state index < -0.39 is 0 Å². The summed E-state index contributed by atoms with van der Waals surface area (Å²) in [6, 6.07) is 0. The minimum absolute atomic E-state index is 0.375. The monoisotopic (exact) mass is 180 g/mol. The molecule has 0 aromatic heterocycles. The first kappa shape index (κ1) is 9.85. The second-order valence-corrected chi connectivity index (χ2v) is 2.03. The number of hydrogen-bond acceptors (Lipinski definition) is 6. The molecule has 0 aliphatic carbocycles. The van der Waals surface area contributed by atoms with Crippen LogP contribution in [-0.4, -0.2) is 33.6 Å². The molecule has 0 saturated carbocycles. The first-order chi connectivity index (χ1) is 6.00. The highest BCUT2D eigenvalue weighted by Crippen LogP contribution is 1.93. The third kappa shape index (κ3) is 5.42. The summed E-state index contributed by atoms with van der Waals surface area (Å²) in [7, 11) is 0. The molecule has 6 nitrogen and oxygen atoms in total. The molecule has 0 amide bonds. The largest absolute Gasteiger partial charge is 0.329 e. The van der Waals surface area contributed by atoms with Crippen LogP contribution in [0.25, 0.3) is 0 Å². The molecular weight excluding hydrogens is 168 g/mol. The third-order valence-corrected chi connectivity index (χ3v) is 1.05. The van der Waals surface area contributed by atoms with Gasteiger partial charge in [-0.15, -0.1) is 0 Å². The topological polar surface area (TPSA) is 55.4 Å². The fourth-order valence-corrected chi connectivity index (χ4v) is 0.558. The molecule has 2 saturated heterocycles. The quantitative estimate of drug-likeness (QED) is 0.496. The average Bonchev–Trinajstić information content (AvgIpc) is 2.24. The normalized spacial score (nSPS) is 24.0. The van der Waals surface area contributed by atoms with Crippen LogP contribution in [0.1, 0.15) is 6.42 Å². The Morgan fingerprint density at radius 2 is 1.17 bits per heavy atom. The van der Waals surface area contributed by atoms with E-state index in [0.29, 0.717) is 33.6 Å². The molecule has 2 aliphatic heterocycles. The van der Waals surface area contributed by atoms with Gasteiger partial charge < -0.3 is 14.2 Å². The molecule has 2 rings (SSSR count). The minimum atomic E-state index is 0.375. The zero-order valence-corrected chi connectivity index (χ0v) is 6.69. The van der Waals surface area contributed by atoms with E-state index in [4.69, 9.17) is 0 Å². The number of ether oxygens (including phenoxy) is 3. The fraction of sp³-hybridized carbons (Fsp3) is 1.00. The van der Waals surface area contributed by atoms with Crippen LogP contribution in [0.2, 0.25) is 0 Å². The van der Waals surface area contributed by atoms with E-state index in [2.05, 4.69) is 29.0 Å². The van der Waals surface area contributed by atoms with E-state index >= 15 is 0 Å². The number of rotatable bonds is 0. The Morgan fingerprint density at radius 1 is 0.667 bits per heavy atom. The zero-order chi connectivity index (χ0) is 8.49. The standard InChI is InChI=1S/2C3H6O3/c1-4-2-6-3-5-1;1-2-4-6-5-3-1/h2*1-3H2. The van der Waals surface area contributed by atoms with Crippen LogP contribution in [0.15, 0.2) is 0 Å². The van der Waals surface area contributed by atoms with Gasteiger partial charge in [-0.3, -0.25) is 0 Å². The van der Waals surface area contributed by atoms with Crippen molar-refractivity contribution in [1.29, 1.82) is 0 Å². The van der Waals surface area contributed by atoms with Gasteiger partial charge in [0.25, 0.3) is 0 Å². The van der Waals surface area contributed by atoms with Crippen molar-refractivity contribution < 1.29 is 29.0 Å². The first-order valence-corrected chi connectivity index (χ1v) is 3.64. The lowest BCUT2D eigenvalue weighted by Gasteiger charge is -2.10. The van der Waals surface area contributed by atoms with Crippen LogP contribution in [0.4, 0.5) is 0 Å². The van der Waals surface area contributed by atoms with Gasteiger partial charge in [0.15, 0.2) is 20.4 Å². The van der Waals surface area contributed by atoms with Crippen LogP contribution in [0.5, 0.6) is 0 Å². The highest BCUT2D eigenvalue weighted by atomic mass is 17.5. The summed E-state index contributed by atoms with van der Waals surface area (Å²) in [6.45, 7) is 2.43. The maximum absolute atomic E-state index is 4.62. The van der Waals surface area contributed by atoms with E-state index in [-0.39, 0.29) is 0 Å². The Bertz CT molecular complexity index is 55.0. The minimum Gasteiger partial charge on any atom is -0.329 e. The smallest absolute Gasteiger partial charge is 0.152 e. The molecule has 0 radical (unpaired) electrons. The molecule has 2 heterocycles. The van der Waals surface area contributed by atoms with E-state index in [1.54, 1.807) is 0 Å². The Balaban J connectivity index is 0.000000120. The van der Waals surface area contributed by atoms with Crippen LogP contribution in [-0.2, 0) is 29.0 Å².